The van der Waals surface area contributed by atoms with Gasteiger partial charge in [0.25, 0.3) is 0 Å². The van der Waals surface area contributed by atoms with E-state index in [1.807, 2.05) is 20.8 Å². The van der Waals surface area contributed by atoms with Gasteiger partial charge in [0.05, 0.1) is 12.0 Å². The molecule has 0 aliphatic heterocycles. The predicted molar refractivity (Wildman–Crippen MR) is 65.2 cm³/mol. The van der Waals surface area contributed by atoms with Gasteiger partial charge < -0.3 is 9.84 Å². The average Bonchev–Trinajstić information content (AvgIpc) is 2.14. The summed E-state index contributed by atoms with van der Waals surface area (Å²) in [5.41, 5.74) is -0.478. The van der Waals surface area contributed by atoms with Crippen LogP contribution in [0.25, 0.3) is 0 Å². The van der Waals surface area contributed by atoms with Crippen LogP contribution in [0.5, 0.6) is 0 Å². The topological polar surface area (TPSA) is 46.5 Å². The lowest BCUT2D eigenvalue weighted by Crippen LogP contribution is -2.33. The molecule has 3 heteroatoms. The molecule has 0 radical (unpaired) electrons. The van der Waals surface area contributed by atoms with Gasteiger partial charge >= 0.3 is 5.97 Å². The molecule has 0 aromatic heterocycles. The maximum absolute atomic E-state index is 11.7. The summed E-state index contributed by atoms with van der Waals surface area (Å²) < 4.78 is 5.23. The first-order valence-electron chi connectivity index (χ1n) is 6.19. The minimum atomic E-state index is -0.582. The minimum absolute atomic E-state index is 0.309. The van der Waals surface area contributed by atoms with Gasteiger partial charge in [0.1, 0.15) is 5.60 Å². The Morgan fingerprint density at radius 1 is 1.31 bits per heavy atom. The van der Waals surface area contributed by atoms with E-state index in [1.165, 1.54) is 0 Å². The van der Waals surface area contributed by atoms with Crippen molar-refractivity contribution in [3.63, 3.8) is 0 Å². The molecule has 0 spiro atoms. The molecular weight excluding hydrogens is 204 g/mol. The highest BCUT2D eigenvalue weighted by Gasteiger charge is 2.26. The number of aliphatic hydroxyl groups is 1. The van der Waals surface area contributed by atoms with Gasteiger partial charge in [-0.1, -0.05) is 26.2 Å². The summed E-state index contributed by atoms with van der Waals surface area (Å²) in [5, 5.41) is 9.81. The lowest BCUT2D eigenvalue weighted by atomic mass is 9.99. The first kappa shape index (κ1) is 15.4. The maximum Gasteiger partial charge on any atom is 0.311 e. The number of esters is 1. The van der Waals surface area contributed by atoms with E-state index in [-0.39, 0.29) is 5.97 Å². The zero-order valence-electron chi connectivity index (χ0n) is 11.2. The van der Waals surface area contributed by atoms with Crippen molar-refractivity contribution in [1.29, 1.82) is 0 Å². The second-order valence-electron chi connectivity index (χ2n) is 5.39. The lowest BCUT2D eigenvalue weighted by Gasteiger charge is -2.24. The molecule has 0 bridgehead atoms. The monoisotopic (exact) mass is 230 g/mol. The SMILES string of the molecule is CCCCCC(O)C(C)C(=O)OC(C)(C)C. The molecule has 0 aliphatic rings. The van der Waals surface area contributed by atoms with Crippen LogP contribution >= 0.6 is 0 Å². The smallest absolute Gasteiger partial charge is 0.311 e. The second kappa shape index (κ2) is 6.89. The number of ether oxygens (including phenoxy) is 1. The summed E-state index contributed by atoms with van der Waals surface area (Å²) >= 11 is 0. The van der Waals surface area contributed by atoms with E-state index in [9.17, 15) is 9.90 Å². The van der Waals surface area contributed by atoms with E-state index in [0.29, 0.717) is 6.42 Å². The molecule has 0 aromatic rings. The van der Waals surface area contributed by atoms with Crippen LogP contribution in [-0.4, -0.2) is 22.8 Å². The molecule has 0 fully saturated rings. The number of hydrogen-bond donors (Lipinski definition) is 1. The van der Waals surface area contributed by atoms with E-state index in [2.05, 4.69) is 6.92 Å². The van der Waals surface area contributed by atoms with Gasteiger partial charge in [-0.3, -0.25) is 4.79 Å². The number of hydrogen-bond acceptors (Lipinski definition) is 3. The molecule has 0 saturated heterocycles. The summed E-state index contributed by atoms with van der Waals surface area (Å²) in [4.78, 5) is 11.7. The van der Waals surface area contributed by atoms with E-state index in [0.717, 1.165) is 19.3 Å². The first-order chi connectivity index (χ1) is 7.28. The van der Waals surface area contributed by atoms with Gasteiger partial charge in [-0.05, 0) is 34.1 Å². The maximum atomic E-state index is 11.7. The van der Waals surface area contributed by atoms with E-state index < -0.39 is 17.6 Å². The number of unbranched alkanes of at least 4 members (excludes halogenated alkanes) is 2. The molecule has 0 heterocycles. The Morgan fingerprint density at radius 2 is 1.88 bits per heavy atom. The van der Waals surface area contributed by atoms with Gasteiger partial charge in [-0.15, -0.1) is 0 Å². The molecule has 0 amide bonds. The molecule has 0 saturated carbocycles. The Bertz CT molecular complexity index is 206. The quantitative estimate of drug-likeness (QED) is 0.563. The van der Waals surface area contributed by atoms with Crippen LogP contribution < -0.4 is 0 Å². The van der Waals surface area contributed by atoms with Gasteiger partial charge in [-0.2, -0.15) is 0 Å². The summed E-state index contributed by atoms with van der Waals surface area (Å²) in [7, 11) is 0. The van der Waals surface area contributed by atoms with Crippen molar-refractivity contribution >= 4 is 5.97 Å². The number of aliphatic hydroxyl groups excluding tert-OH is 1. The van der Waals surface area contributed by atoms with Crippen LogP contribution in [0.3, 0.4) is 0 Å². The van der Waals surface area contributed by atoms with Crippen molar-refractivity contribution in [2.75, 3.05) is 0 Å². The third-order valence-electron chi connectivity index (χ3n) is 2.46. The molecule has 0 aromatic carbocycles. The van der Waals surface area contributed by atoms with Crippen molar-refractivity contribution in [2.45, 2.75) is 72.0 Å². The first-order valence-corrected chi connectivity index (χ1v) is 6.19. The fraction of sp³-hybridized carbons (Fsp3) is 0.923. The summed E-state index contributed by atoms with van der Waals surface area (Å²) in [5.74, 6) is -0.743. The normalized spacial score (nSPS) is 15.6. The fourth-order valence-electron chi connectivity index (χ4n) is 1.41. The molecule has 16 heavy (non-hydrogen) atoms. The minimum Gasteiger partial charge on any atom is -0.460 e. The number of carbonyl (C=O) groups excluding carboxylic acids is 1. The van der Waals surface area contributed by atoms with Crippen LogP contribution in [0, 0.1) is 5.92 Å². The second-order valence-corrected chi connectivity index (χ2v) is 5.39. The molecule has 2 atom stereocenters. The van der Waals surface area contributed by atoms with Crippen LogP contribution in [-0.2, 0) is 9.53 Å². The molecule has 2 unspecified atom stereocenters. The summed E-state index contributed by atoms with van der Waals surface area (Å²) in [6, 6.07) is 0. The standard InChI is InChI=1S/C13H26O3/c1-6-7-8-9-11(14)10(2)12(15)16-13(3,4)5/h10-11,14H,6-9H2,1-5H3. The highest BCUT2D eigenvalue weighted by molar-refractivity contribution is 5.73. The number of carbonyl (C=O) groups is 1. The third kappa shape index (κ3) is 6.83. The molecule has 3 nitrogen and oxygen atoms in total. The van der Waals surface area contributed by atoms with Crippen molar-refractivity contribution in [3.8, 4) is 0 Å². The predicted octanol–water partition coefficient (Wildman–Crippen LogP) is 2.91. The van der Waals surface area contributed by atoms with Crippen LogP contribution in [0.4, 0.5) is 0 Å². The molecule has 96 valence electrons. The number of rotatable bonds is 6. The van der Waals surface area contributed by atoms with Crippen molar-refractivity contribution < 1.29 is 14.6 Å². The van der Waals surface area contributed by atoms with Crippen molar-refractivity contribution in [2.24, 2.45) is 5.92 Å². The van der Waals surface area contributed by atoms with E-state index >= 15 is 0 Å². The van der Waals surface area contributed by atoms with Gasteiger partial charge in [0.2, 0.25) is 0 Å². The van der Waals surface area contributed by atoms with Gasteiger partial charge in [0.15, 0.2) is 0 Å². The van der Waals surface area contributed by atoms with E-state index in [4.69, 9.17) is 4.74 Å². The van der Waals surface area contributed by atoms with E-state index in [1.54, 1.807) is 6.92 Å². The summed E-state index contributed by atoms with van der Waals surface area (Å²) in [6.07, 6.45) is 3.27. The highest BCUT2D eigenvalue weighted by atomic mass is 16.6. The Hall–Kier alpha value is -0.570. The molecule has 1 N–H and O–H groups in total. The average molecular weight is 230 g/mol. The molecular formula is C13H26O3. The Kier molecular flexibility index (Phi) is 6.65. The zero-order valence-corrected chi connectivity index (χ0v) is 11.2. The summed E-state index contributed by atoms with van der Waals surface area (Å²) in [6.45, 7) is 9.34. The van der Waals surface area contributed by atoms with Gasteiger partial charge in [-0.25, -0.2) is 0 Å². The van der Waals surface area contributed by atoms with Gasteiger partial charge in [0, 0.05) is 0 Å². The van der Waals surface area contributed by atoms with Crippen molar-refractivity contribution in [1.82, 2.24) is 0 Å². The Balaban J connectivity index is 4.01. The largest absolute Gasteiger partial charge is 0.460 e. The van der Waals surface area contributed by atoms with Crippen LogP contribution in [0.1, 0.15) is 60.3 Å². The van der Waals surface area contributed by atoms with Crippen LogP contribution in [0.2, 0.25) is 0 Å². The Morgan fingerprint density at radius 3 is 2.31 bits per heavy atom. The Labute approximate surface area is 99.2 Å². The fourth-order valence-corrected chi connectivity index (χ4v) is 1.41. The zero-order chi connectivity index (χ0) is 12.8. The lowest BCUT2D eigenvalue weighted by molar-refractivity contribution is -0.163. The van der Waals surface area contributed by atoms with Crippen molar-refractivity contribution in [3.05, 3.63) is 0 Å². The molecule has 0 aliphatic carbocycles. The van der Waals surface area contributed by atoms with Crippen LogP contribution in [0.15, 0.2) is 0 Å². The molecule has 0 rings (SSSR count). The third-order valence-corrected chi connectivity index (χ3v) is 2.46. The highest BCUT2D eigenvalue weighted by Crippen LogP contribution is 2.17.